The lowest BCUT2D eigenvalue weighted by atomic mass is 10.0. The molecule has 0 aromatic heterocycles. The Hall–Kier alpha value is -2.01. The lowest BCUT2D eigenvalue weighted by molar-refractivity contribution is -0.143. The number of carbonyl (C=O) groups excluding carboxylic acids is 2. The summed E-state index contributed by atoms with van der Waals surface area (Å²) < 4.78 is 0. The Morgan fingerprint density at radius 2 is 1.76 bits per heavy atom. The molecule has 0 fully saturated rings. The van der Waals surface area contributed by atoms with Crippen molar-refractivity contribution in [1.82, 2.24) is 10.6 Å². The smallest absolute Gasteiger partial charge is 0.326 e. The van der Waals surface area contributed by atoms with Crippen molar-refractivity contribution in [2.24, 2.45) is 28.1 Å². The first-order valence-corrected chi connectivity index (χ1v) is 8.48. The van der Waals surface area contributed by atoms with E-state index in [1.807, 2.05) is 0 Å². The molecular weight excluding hydrogens is 348 g/mol. The predicted octanol–water partition coefficient (Wildman–Crippen LogP) is -1.99. The molecule has 0 rings (SSSR count). The van der Waals surface area contributed by atoms with Crippen molar-refractivity contribution in [3.8, 4) is 0 Å². The zero-order valence-electron chi connectivity index (χ0n) is 14.4. The summed E-state index contributed by atoms with van der Waals surface area (Å²) >= 11 is 4.02. The van der Waals surface area contributed by atoms with Crippen LogP contribution in [0, 0.1) is 5.92 Å². The molecule has 3 unspecified atom stereocenters. The predicted molar refractivity (Wildman–Crippen MR) is 98.1 cm³/mol. The van der Waals surface area contributed by atoms with Crippen molar-refractivity contribution < 1.29 is 19.5 Å². The fourth-order valence-corrected chi connectivity index (χ4v) is 2.15. The number of carboxylic acid groups (broad SMARTS) is 1. The number of aliphatic imine (C=N–C) groups is 1. The van der Waals surface area contributed by atoms with Crippen molar-refractivity contribution in [1.29, 1.82) is 0 Å². The molecule has 0 aliphatic rings. The lowest BCUT2D eigenvalue weighted by Gasteiger charge is -2.23. The quantitative estimate of drug-likeness (QED) is 0.0940. The summed E-state index contributed by atoms with van der Waals surface area (Å²) in [4.78, 5) is 39.1. The Morgan fingerprint density at radius 3 is 2.20 bits per heavy atom. The summed E-state index contributed by atoms with van der Waals surface area (Å²) in [7, 11) is 0. The normalized spacial score (nSPS) is 14.3. The van der Waals surface area contributed by atoms with Crippen LogP contribution in [0.2, 0.25) is 0 Å². The van der Waals surface area contributed by atoms with Crippen LogP contribution < -0.4 is 27.8 Å². The van der Waals surface area contributed by atoms with Gasteiger partial charge < -0.3 is 32.9 Å². The van der Waals surface area contributed by atoms with Gasteiger partial charge in [0, 0.05) is 12.3 Å². The van der Waals surface area contributed by atoms with E-state index in [4.69, 9.17) is 22.3 Å². The van der Waals surface area contributed by atoms with Gasteiger partial charge in [0.25, 0.3) is 0 Å². The van der Waals surface area contributed by atoms with Gasteiger partial charge in [-0.3, -0.25) is 14.6 Å². The molecule has 0 heterocycles. The fraction of sp³-hybridized carbons (Fsp3) is 0.714. The molecule has 0 bridgehead atoms. The number of rotatable bonds is 11. The number of carbonyl (C=O) groups is 3. The van der Waals surface area contributed by atoms with Crippen molar-refractivity contribution in [3.05, 3.63) is 0 Å². The first kappa shape index (κ1) is 23.0. The Kier molecular flexibility index (Phi) is 10.6. The second kappa shape index (κ2) is 11.5. The molecule has 0 saturated heterocycles. The molecule has 0 aliphatic carbocycles. The molecule has 144 valence electrons. The van der Waals surface area contributed by atoms with Crippen molar-refractivity contribution in [2.45, 2.75) is 44.8 Å². The Morgan fingerprint density at radius 1 is 1.16 bits per heavy atom. The van der Waals surface area contributed by atoms with E-state index in [-0.39, 0.29) is 17.6 Å². The number of nitrogens with one attached hydrogen (secondary N) is 2. The topological polar surface area (TPSA) is 186 Å². The van der Waals surface area contributed by atoms with Crippen LogP contribution in [0.15, 0.2) is 4.99 Å². The molecule has 0 saturated carbocycles. The molecule has 11 heteroatoms. The SMILES string of the molecule is CC(C)C(NC(=O)C(CS)NC(=O)C(N)CCCN=C(N)N)C(=O)O. The van der Waals surface area contributed by atoms with Crippen LogP contribution in [-0.4, -0.2) is 59.3 Å². The molecule has 0 radical (unpaired) electrons. The number of aliphatic carboxylic acids is 1. The zero-order valence-corrected chi connectivity index (χ0v) is 15.3. The third kappa shape index (κ3) is 9.15. The van der Waals surface area contributed by atoms with Gasteiger partial charge in [0.2, 0.25) is 11.8 Å². The molecule has 0 aliphatic heterocycles. The number of nitrogens with two attached hydrogens (primary N) is 3. The number of hydrogen-bond acceptors (Lipinski definition) is 6. The van der Waals surface area contributed by atoms with E-state index >= 15 is 0 Å². The highest BCUT2D eigenvalue weighted by atomic mass is 32.1. The Bertz CT molecular complexity index is 496. The molecule has 10 nitrogen and oxygen atoms in total. The van der Waals surface area contributed by atoms with E-state index < -0.39 is 35.9 Å². The third-order valence-electron chi connectivity index (χ3n) is 3.35. The van der Waals surface area contributed by atoms with Gasteiger partial charge in [0.15, 0.2) is 5.96 Å². The van der Waals surface area contributed by atoms with Crippen molar-refractivity contribution in [3.63, 3.8) is 0 Å². The number of hydrogen-bond donors (Lipinski definition) is 7. The van der Waals surface area contributed by atoms with Gasteiger partial charge >= 0.3 is 5.97 Å². The molecule has 9 N–H and O–H groups in total. The van der Waals surface area contributed by atoms with Crippen LogP contribution in [0.4, 0.5) is 0 Å². The van der Waals surface area contributed by atoms with Gasteiger partial charge in [-0.25, -0.2) is 4.79 Å². The highest BCUT2D eigenvalue weighted by molar-refractivity contribution is 7.80. The van der Waals surface area contributed by atoms with Gasteiger partial charge in [-0.2, -0.15) is 12.6 Å². The van der Waals surface area contributed by atoms with Crippen LogP contribution in [-0.2, 0) is 14.4 Å². The van der Waals surface area contributed by atoms with Gasteiger partial charge in [-0.1, -0.05) is 13.8 Å². The van der Waals surface area contributed by atoms with Crippen molar-refractivity contribution in [2.75, 3.05) is 12.3 Å². The summed E-state index contributed by atoms with van der Waals surface area (Å²) in [6.45, 7) is 3.67. The first-order chi connectivity index (χ1) is 11.6. The standard InChI is InChI=1S/C14H28N6O4S/c1-7(2)10(13(23)24)20-12(22)9(6-25)19-11(21)8(15)4-3-5-18-14(16)17/h7-10,25H,3-6,15H2,1-2H3,(H,19,21)(H,20,22)(H,23,24)(H4,16,17,18). The van der Waals surface area contributed by atoms with Gasteiger partial charge in [-0.15, -0.1) is 0 Å². The fourth-order valence-electron chi connectivity index (χ4n) is 1.89. The highest BCUT2D eigenvalue weighted by Gasteiger charge is 2.28. The molecule has 25 heavy (non-hydrogen) atoms. The summed E-state index contributed by atoms with van der Waals surface area (Å²) in [5.74, 6) is -2.65. The highest BCUT2D eigenvalue weighted by Crippen LogP contribution is 2.03. The number of carboxylic acids is 1. The minimum absolute atomic E-state index is 0.00271. The van der Waals surface area contributed by atoms with Gasteiger partial charge in [0.05, 0.1) is 6.04 Å². The summed E-state index contributed by atoms with van der Waals surface area (Å²) in [5.41, 5.74) is 16.1. The zero-order chi connectivity index (χ0) is 19.6. The molecular formula is C14H28N6O4S. The third-order valence-corrected chi connectivity index (χ3v) is 3.72. The van der Waals surface area contributed by atoms with E-state index in [1.54, 1.807) is 13.8 Å². The molecule has 3 atom stereocenters. The number of thiol groups is 1. The van der Waals surface area contributed by atoms with E-state index in [9.17, 15) is 14.4 Å². The number of amides is 2. The van der Waals surface area contributed by atoms with Crippen LogP contribution in [0.5, 0.6) is 0 Å². The second-order valence-electron chi connectivity index (χ2n) is 5.87. The minimum atomic E-state index is -1.15. The van der Waals surface area contributed by atoms with Crippen molar-refractivity contribution >= 4 is 36.4 Å². The van der Waals surface area contributed by atoms with Crippen LogP contribution in [0.1, 0.15) is 26.7 Å². The Balaban J connectivity index is 4.59. The number of guanidine groups is 1. The van der Waals surface area contributed by atoms with E-state index in [1.165, 1.54) is 0 Å². The van der Waals surface area contributed by atoms with Gasteiger partial charge in [-0.05, 0) is 18.8 Å². The largest absolute Gasteiger partial charge is 0.480 e. The molecule has 2 amide bonds. The van der Waals surface area contributed by atoms with Crippen LogP contribution in [0.25, 0.3) is 0 Å². The molecule has 0 aromatic carbocycles. The van der Waals surface area contributed by atoms with Crippen LogP contribution >= 0.6 is 12.6 Å². The van der Waals surface area contributed by atoms with Gasteiger partial charge in [0.1, 0.15) is 12.1 Å². The van der Waals surface area contributed by atoms with E-state index in [2.05, 4.69) is 28.3 Å². The van der Waals surface area contributed by atoms with E-state index in [0.29, 0.717) is 19.4 Å². The summed E-state index contributed by atoms with van der Waals surface area (Å²) in [6, 6.07) is -2.88. The summed E-state index contributed by atoms with van der Waals surface area (Å²) in [6.07, 6.45) is 0.825. The second-order valence-corrected chi connectivity index (χ2v) is 6.23. The maximum atomic E-state index is 12.2. The number of nitrogens with zero attached hydrogens (tertiary/aromatic N) is 1. The maximum Gasteiger partial charge on any atom is 0.326 e. The average Bonchev–Trinajstić information content (AvgIpc) is 2.52. The monoisotopic (exact) mass is 376 g/mol. The lowest BCUT2D eigenvalue weighted by Crippen LogP contribution is -2.56. The minimum Gasteiger partial charge on any atom is -0.480 e. The maximum absolute atomic E-state index is 12.2. The summed E-state index contributed by atoms with van der Waals surface area (Å²) in [5, 5.41) is 14.0. The van der Waals surface area contributed by atoms with E-state index in [0.717, 1.165) is 0 Å². The average molecular weight is 376 g/mol. The Labute approximate surface area is 152 Å². The molecule has 0 spiro atoms. The molecule has 0 aromatic rings. The first-order valence-electron chi connectivity index (χ1n) is 7.85. The van der Waals surface area contributed by atoms with Crippen LogP contribution in [0.3, 0.4) is 0 Å².